The fourth-order valence-corrected chi connectivity index (χ4v) is 4.85. The predicted octanol–water partition coefficient (Wildman–Crippen LogP) is 4.48. The van der Waals surface area contributed by atoms with Crippen molar-refractivity contribution >= 4 is 20.9 Å². The number of carbonyl (C=O) groups is 2. The van der Waals surface area contributed by atoms with E-state index in [0.717, 1.165) is 11.3 Å². The number of hydrogen-bond donors (Lipinski definition) is 0. The standard InChI is InChI=1S/C22H36NO5Si/c1-20(2,3)27-17-13-11-16(12-14-17)15-22(29(9)10,18(24)26-8)23(7)19(25)28-21(4,5)6/h11-14H,15H2,1-10H3. The highest BCUT2D eigenvalue weighted by molar-refractivity contribution is 6.64. The van der Waals surface area contributed by atoms with E-state index < -0.39 is 31.6 Å². The molecular formula is C22H36NO5Si. The van der Waals surface area contributed by atoms with Gasteiger partial charge in [0, 0.05) is 13.5 Å². The molecule has 0 bridgehead atoms. The van der Waals surface area contributed by atoms with Gasteiger partial charge < -0.3 is 14.2 Å². The number of carbonyl (C=O) groups excluding carboxylic acids is 2. The molecule has 0 aromatic heterocycles. The summed E-state index contributed by atoms with van der Waals surface area (Å²) in [7, 11) is 1.60. The van der Waals surface area contributed by atoms with Crippen molar-refractivity contribution in [2.24, 2.45) is 0 Å². The lowest BCUT2D eigenvalue weighted by Gasteiger charge is -2.42. The quantitative estimate of drug-likeness (QED) is 0.500. The molecule has 29 heavy (non-hydrogen) atoms. The molecule has 0 heterocycles. The Morgan fingerprint density at radius 3 is 1.86 bits per heavy atom. The highest BCUT2D eigenvalue weighted by atomic mass is 28.3. The third-order valence-corrected chi connectivity index (χ3v) is 6.77. The Morgan fingerprint density at radius 2 is 1.48 bits per heavy atom. The summed E-state index contributed by atoms with van der Waals surface area (Å²) in [6.45, 7) is 15.4. The van der Waals surface area contributed by atoms with Gasteiger partial charge in [-0.3, -0.25) is 4.90 Å². The van der Waals surface area contributed by atoms with Crippen molar-refractivity contribution in [2.45, 2.75) is 77.4 Å². The van der Waals surface area contributed by atoms with Crippen molar-refractivity contribution in [3.8, 4) is 5.75 Å². The molecule has 1 rings (SSSR count). The van der Waals surface area contributed by atoms with Crippen molar-refractivity contribution in [1.29, 1.82) is 0 Å². The number of nitrogens with zero attached hydrogens (tertiary/aromatic N) is 1. The molecule has 1 unspecified atom stereocenters. The van der Waals surface area contributed by atoms with Gasteiger partial charge in [0.05, 0.1) is 15.9 Å². The lowest BCUT2D eigenvalue weighted by atomic mass is 10.0. The molecule has 0 aliphatic rings. The zero-order valence-electron chi connectivity index (χ0n) is 19.5. The van der Waals surface area contributed by atoms with E-state index in [0.29, 0.717) is 6.42 Å². The molecule has 1 radical (unpaired) electrons. The van der Waals surface area contributed by atoms with Crippen LogP contribution in [0.1, 0.15) is 47.1 Å². The van der Waals surface area contributed by atoms with Gasteiger partial charge in [-0.25, -0.2) is 9.59 Å². The average molecular weight is 423 g/mol. The molecule has 1 aromatic rings. The molecule has 0 saturated heterocycles. The van der Waals surface area contributed by atoms with E-state index >= 15 is 0 Å². The summed E-state index contributed by atoms with van der Waals surface area (Å²) in [6, 6.07) is 7.61. The third-order valence-electron chi connectivity index (χ3n) is 4.40. The Morgan fingerprint density at radius 1 is 0.966 bits per heavy atom. The van der Waals surface area contributed by atoms with Crippen molar-refractivity contribution in [2.75, 3.05) is 14.2 Å². The van der Waals surface area contributed by atoms with Crippen LogP contribution in [0.5, 0.6) is 5.75 Å². The third kappa shape index (κ3) is 6.77. The van der Waals surface area contributed by atoms with Gasteiger partial charge in [0.1, 0.15) is 22.1 Å². The number of amides is 1. The van der Waals surface area contributed by atoms with Crippen LogP contribution in [-0.2, 0) is 20.7 Å². The Balaban J connectivity index is 3.28. The number of esters is 1. The van der Waals surface area contributed by atoms with Crippen LogP contribution in [0, 0.1) is 0 Å². The van der Waals surface area contributed by atoms with Gasteiger partial charge in [0.25, 0.3) is 0 Å². The minimum atomic E-state index is -1.36. The van der Waals surface area contributed by atoms with Gasteiger partial charge in [-0.05, 0) is 59.2 Å². The molecule has 0 aliphatic heterocycles. The maximum Gasteiger partial charge on any atom is 0.410 e. The SMILES string of the molecule is COC(=O)C(Cc1ccc(OC(C)(C)C)cc1)(N(C)C(=O)OC(C)(C)C)[Si](C)C. The van der Waals surface area contributed by atoms with Crippen molar-refractivity contribution in [3.63, 3.8) is 0 Å². The second-order valence-corrected chi connectivity index (χ2v) is 12.3. The Labute approximate surface area is 177 Å². The molecule has 0 fully saturated rings. The molecule has 1 aromatic carbocycles. The van der Waals surface area contributed by atoms with E-state index in [1.165, 1.54) is 12.0 Å². The van der Waals surface area contributed by atoms with Crippen LogP contribution in [0.3, 0.4) is 0 Å². The Hall–Kier alpha value is -2.02. The van der Waals surface area contributed by atoms with Crippen LogP contribution in [0.4, 0.5) is 4.79 Å². The van der Waals surface area contributed by atoms with Gasteiger partial charge in [0.2, 0.25) is 0 Å². The van der Waals surface area contributed by atoms with Crippen LogP contribution in [0.25, 0.3) is 0 Å². The largest absolute Gasteiger partial charge is 0.488 e. The van der Waals surface area contributed by atoms with Crippen LogP contribution < -0.4 is 4.74 Å². The number of hydrogen-bond acceptors (Lipinski definition) is 5. The monoisotopic (exact) mass is 422 g/mol. The molecule has 0 saturated carbocycles. The normalized spacial score (nSPS) is 14.2. The Kier molecular flexibility index (Phi) is 7.93. The number of ether oxygens (including phenoxy) is 3. The van der Waals surface area contributed by atoms with Crippen LogP contribution >= 0.6 is 0 Å². The first-order valence-corrected chi connectivity index (χ1v) is 12.3. The highest BCUT2D eigenvalue weighted by Gasteiger charge is 2.50. The number of rotatable bonds is 6. The minimum Gasteiger partial charge on any atom is -0.488 e. The summed E-state index contributed by atoms with van der Waals surface area (Å²) in [4.78, 5) is 27.2. The summed E-state index contributed by atoms with van der Waals surface area (Å²) < 4.78 is 16.6. The van der Waals surface area contributed by atoms with E-state index in [1.807, 2.05) is 58.1 Å². The lowest BCUT2D eigenvalue weighted by Crippen LogP contribution is -2.65. The van der Waals surface area contributed by atoms with Gasteiger partial charge in [0.15, 0.2) is 0 Å². The summed E-state index contributed by atoms with van der Waals surface area (Å²) in [5, 5.41) is -1.10. The zero-order chi connectivity index (χ0) is 22.6. The number of benzene rings is 1. The smallest absolute Gasteiger partial charge is 0.410 e. The molecule has 7 heteroatoms. The second kappa shape index (κ2) is 9.20. The summed E-state index contributed by atoms with van der Waals surface area (Å²) in [5.74, 6) is 0.323. The van der Waals surface area contributed by atoms with Gasteiger partial charge >= 0.3 is 12.1 Å². The van der Waals surface area contributed by atoms with E-state index in [-0.39, 0.29) is 5.60 Å². The zero-order valence-corrected chi connectivity index (χ0v) is 20.5. The molecule has 0 N–H and O–H groups in total. The molecule has 1 amide bonds. The van der Waals surface area contributed by atoms with E-state index in [4.69, 9.17) is 14.2 Å². The van der Waals surface area contributed by atoms with E-state index in [1.54, 1.807) is 27.8 Å². The molecule has 6 nitrogen and oxygen atoms in total. The second-order valence-electron chi connectivity index (χ2n) is 9.43. The summed E-state index contributed by atoms with van der Waals surface area (Å²) in [5.41, 5.74) is -0.0386. The van der Waals surface area contributed by atoms with Crippen molar-refractivity contribution in [1.82, 2.24) is 4.90 Å². The number of methoxy groups -OCH3 is 1. The fourth-order valence-electron chi connectivity index (χ4n) is 3.02. The van der Waals surface area contributed by atoms with E-state index in [9.17, 15) is 9.59 Å². The maximum absolute atomic E-state index is 13.0. The Bertz CT molecular complexity index is 703. The number of likely N-dealkylation sites (N-methyl/N-ethyl adjacent to an activating group) is 1. The maximum atomic E-state index is 13.0. The molecule has 1 atom stereocenters. The molecule has 163 valence electrons. The topological polar surface area (TPSA) is 65.1 Å². The lowest BCUT2D eigenvalue weighted by molar-refractivity contribution is -0.149. The predicted molar refractivity (Wildman–Crippen MR) is 117 cm³/mol. The van der Waals surface area contributed by atoms with Crippen LogP contribution in [0.15, 0.2) is 24.3 Å². The average Bonchev–Trinajstić information content (AvgIpc) is 2.56. The van der Waals surface area contributed by atoms with Crippen molar-refractivity contribution < 1.29 is 23.8 Å². The van der Waals surface area contributed by atoms with Crippen LogP contribution in [0.2, 0.25) is 13.1 Å². The minimum absolute atomic E-state index is 0.294. The summed E-state index contributed by atoms with van der Waals surface area (Å²) in [6.07, 6.45) is -0.200. The molecular weight excluding hydrogens is 386 g/mol. The van der Waals surface area contributed by atoms with Crippen LogP contribution in [-0.4, -0.2) is 56.3 Å². The summed E-state index contributed by atoms with van der Waals surface area (Å²) >= 11 is 0. The van der Waals surface area contributed by atoms with Gasteiger partial charge in [-0.2, -0.15) is 0 Å². The first-order chi connectivity index (χ1) is 13.1. The van der Waals surface area contributed by atoms with Crippen molar-refractivity contribution in [3.05, 3.63) is 29.8 Å². The molecule has 0 spiro atoms. The van der Waals surface area contributed by atoms with E-state index in [2.05, 4.69) is 0 Å². The van der Waals surface area contributed by atoms with Gasteiger partial charge in [-0.15, -0.1) is 0 Å². The fraction of sp³-hybridized carbons (Fsp3) is 0.636. The molecule has 0 aliphatic carbocycles. The van der Waals surface area contributed by atoms with Gasteiger partial charge in [-0.1, -0.05) is 25.2 Å². The first kappa shape index (κ1) is 25.0. The highest BCUT2D eigenvalue weighted by Crippen LogP contribution is 2.29. The first-order valence-electron chi connectivity index (χ1n) is 9.76.